The second-order valence-corrected chi connectivity index (χ2v) is 7.78. The van der Waals surface area contributed by atoms with Gasteiger partial charge in [-0.3, -0.25) is 10.2 Å². The molecule has 0 spiro atoms. The van der Waals surface area contributed by atoms with Crippen LogP contribution >= 0.6 is 11.3 Å². The summed E-state index contributed by atoms with van der Waals surface area (Å²) in [5.74, 6) is -1.54. The molecule has 0 unspecified atom stereocenters. The zero-order valence-electron chi connectivity index (χ0n) is 13.7. The maximum Gasteiger partial charge on any atom is 0.349 e. The first kappa shape index (κ1) is 18.1. The highest BCUT2D eigenvalue weighted by Crippen LogP contribution is 2.25. The minimum absolute atomic E-state index is 0.00703. The Morgan fingerprint density at radius 1 is 1.19 bits per heavy atom. The molecule has 0 atom stereocenters. The number of fused-ring (bicyclic) bond motifs is 1. The van der Waals surface area contributed by atoms with Crippen molar-refractivity contribution >= 4 is 44.2 Å². The number of nitrogens with one attached hydrogen (secondary N) is 2. The molecular formula is C16H14N2O6S2. The van der Waals surface area contributed by atoms with E-state index in [-0.39, 0.29) is 15.5 Å². The zero-order valence-corrected chi connectivity index (χ0v) is 15.4. The summed E-state index contributed by atoms with van der Waals surface area (Å²) in [7, 11) is -3.01. The Labute approximate surface area is 152 Å². The first-order valence-corrected chi connectivity index (χ1v) is 9.67. The molecule has 1 aromatic carbocycles. The van der Waals surface area contributed by atoms with Gasteiger partial charge in [-0.2, -0.15) is 0 Å². The Kier molecular flexibility index (Phi) is 4.81. The van der Waals surface area contributed by atoms with E-state index in [0.717, 1.165) is 23.8 Å². The lowest BCUT2D eigenvalue weighted by molar-refractivity contribution is 0.0602. The van der Waals surface area contributed by atoms with Crippen molar-refractivity contribution in [2.24, 2.45) is 0 Å². The van der Waals surface area contributed by atoms with E-state index in [9.17, 15) is 18.0 Å². The molecule has 0 aliphatic carbocycles. The van der Waals surface area contributed by atoms with Gasteiger partial charge < -0.3 is 9.15 Å². The molecule has 0 bridgehead atoms. The van der Waals surface area contributed by atoms with Gasteiger partial charge in [-0.25, -0.2) is 13.2 Å². The number of thiophene rings is 1. The second kappa shape index (κ2) is 6.90. The van der Waals surface area contributed by atoms with Gasteiger partial charge in [-0.1, -0.05) is 18.2 Å². The fraction of sp³-hybridized carbons (Fsp3) is 0.125. The van der Waals surface area contributed by atoms with Crippen molar-refractivity contribution in [1.29, 1.82) is 0 Å². The van der Waals surface area contributed by atoms with Crippen molar-refractivity contribution in [1.82, 2.24) is 10.3 Å². The Morgan fingerprint density at radius 2 is 1.92 bits per heavy atom. The Morgan fingerprint density at radius 3 is 2.62 bits per heavy atom. The first-order chi connectivity index (χ1) is 12.3. The third-order valence-electron chi connectivity index (χ3n) is 3.64. The number of amides is 1. The van der Waals surface area contributed by atoms with Crippen molar-refractivity contribution in [2.75, 3.05) is 7.11 Å². The van der Waals surface area contributed by atoms with Gasteiger partial charge in [0.15, 0.2) is 5.76 Å². The van der Waals surface area contributed by atoms with Crippen molar-refractivity contribution in [3.05, 3.63) is 51.9 Å². The molecule has 0 saturated carbocycles. The van der Waals surface area contributed by atoms with Crippen molar-refractivity contribution in [2.45, 2.75) is 11.8 Å². The van der Waals surface area contributed by atoms with Crippen molar-refractivity contribution < 1.29 is 27.2 Å². The van der Waals surface area contributed by atoms with E-state index in [0.29, 0.717) is 11.1 Å². The van der Waals surface area contributed by atoms with E-state index < -0.39 is 21.9 Å². The smallest absolute Gasteiger partial charge is 0.349 e. The highest BCUT2D eigenvalue weighted by molar-refractivity contribution is 7.89. The third-order valence-corrected chi connectivity index (χ3v) is 5.95. The van der Waals surface area contributed by atoms with Crippen LogP contribution in [-0.4, -0.2) is 27.4 Å². The number of methoxy groups -OCH3 is 1. The fourth-order valence-corrected chi connectivity index (χ4v) is 4.54. The number of esters is 1. The Balaban J connectivity index is 1.81. The molecule has 10 heteroatoms. The predicted octanol–water partition coefficient (Wildman–Crippen LogP) is 2.21. The van der Waals surface area contributed by atoms with Crippen LogP contribution in [0.3, 0.4) is 0 Å². The molecule has 0 fully saturated rings. The van der Waals surface area contributed by atoms with E-state index in [1.165, 1.54) is 11.4 Å². The number of aryl methyl sites for hydroxylation is 1. The van der Waals surface area contributed by atoms with Gasteiger partial charge in [-0.15, -0.1) is 16.2 Å². The quantitative estimate of drug-likeness (QED) is 0.506. The fourth-order valence-electron chi connectivity index (χ4n) is 2.37. The number of carbonyl (C=O) groups excluding carboxylic acids is 2. The van der Waals surface area contributed by atoms with Crippen LogP contribution in [0.4, 0.5) is 0 Å². The van der Waals surface area contributed by atoms with Crippen LogP contribution < -0.4 is 10.3 Å². The minimum Gasteiger partial charge on any atom is -0.465 e. The standard InChI is InChI=1S/C16H14N2O6S2/c1-9-10-5-3-4-6-11(10)24-13(9)15(19)17-18-26(21,22)12-7-8-25-14(12)16(20)23-2/h3-8,18H,1-2H3,(H,17,19). The van der Waals surface area contributed by atoms with Crippen LogP contribution in [0.5, 0.6) is 0 Å². The van der Waals surface area contributed by atoms with E-state index in [1.807, 2.05) is 4.83 Å². The molecule has 0 saturated heterocycles. The molecule has 0 aliphatic rings. The van der Waals surface area contributed by atoms with Gasteiger partial charge in [0.1, 0.15) is 15.4 Å². The van der Waals surface area contributed by atoms with Crippen LogP contribution in [0.25, 0.3) is 11.0 Å². The number of rotatable bonds is 5. The highest BCUT2D eigenvalue weighted by atomic mass is 32.2. The summed E-state index contributed by atoms with van der Waals surface area (Å²) in [4.78, 5) is 25.5. The number of carbonyl (C=O) groups is 2. The number of benzene rings is 1. The Hall–Kier alpha value is -2.69. The molecular weight excluding hydrogens is 380 g/mol. The number of furan rings is 1. The van der Waals surface area contributed by atoms with Gasteiger partial charge in [-0.05, 0) is 24.4 Å². The molecule has 0 aliphatic heterocycles. The lowest BCUT2D eigenvalue weighted by Gasteiger charge is -2.08. The van der Waals surface area contributed by atoms with E-state index in [2.05, 4.69) is 10.2 Å². The average Bonchev–Trinajstić information content (AvgIpc) is 3.25. The van der Waals surface area contributed by atoms with Gasteiger partial charge in [0.25, 0.3) is 10.0 Å². The zero-order chi connectivity index (χ0) is 18.9. The van der Waals surface area contributed by atoms with Crippen molar-refractivity contribution in [3.63, 3.8) is 0 Å². The molecule has 2 aromatic heterocycles. The average molecular weight is 394 g/mol. The summed E-state index contributed by atoms with van der Waals surface area (Å²) in [5.41, 5.74) is 3.20. The van der Waals surface area contributed by atoms with Crippen LogP contribution in [0.1, 0.15) is 25.8 Å². The summed E-state index contributed by atoms with van der Waals surface area (Å²) >= 11 is 0.920. The highest BCUT2D eigenvalue weighted by Gasteiger charge is 2.26. The molecule has 8 nitrogen and oxygen atoms in total. The first-order valence-electron chi connectivity index (χ1n) is 7.31. The number of hydrogen-bond acceptors (Lipinski definition) is 7. The van der Waals surface area contributed by atoms with Gasteiger partial charge in [0.2, 0.25) is 0 Å². The number of sulfonamides is 1. The van der Waals surface area contributed by atoms with Gasteiger partial charge in [0, 0.05) is 10.9 Å². The third kappa shape index (κ3) is 3.21. The number of para-hydroxylation sites is 1. The molecule has 2 N–H and O–H groups in total. The molecule has 2 heterocycles. The molecule has 3 aromatic rings. The number of hydrogen-bond donors (Lipinski definition) is 2. The molecule has 3 rings (SSSR count). The second-order valence-electron chi connectivity index (χ2n) is 5.22. The van der Waals surface area contributed by atoms with Gasteiger partial charge in [0.05, 0.1) is 7.11 Å². The predicted molar refractivity (Wildman–Crippen MR) is 94.4 cm³/mol. The van der Waals surface area contributed by atoms with Crippen LogP contribution in [-0.2, 0) is 14.8 Å². The summed E-state index contributed by atoms with van der Waals surface area (Å²) in [6, 6.07) is 8.32. The summed E-state index contributed by atoms with van der Waals surface area (Å²) < 4.78 is 34.8. The van der Waals surface area contributed by atoms with Crippen LogP contribution in [0.15, 0.2) is 45.0 Å². The Bertz CT molecular complexity index is 1100. The lowest BCUT2D eigenvalue weighted by Crippen LogP contribution is -2.41. The van der Waals surface area contributed by atoms with E-state index in [1.54, 1.807) is 31.2 Å². The maximum atomic E-state index is 12.4. The normalized spacial score (nSPS) is 11.5. The monoisotopic (exact) mass is 394 g/mol. The van der Waals surface area contributed by atoms with Gasteiger partial charge >= 0.3 is 11.9 Å². The SMILES string of the molecule is COC(=O)c1sccc1S(=O)(=O)NNC(=O)c1oc2ccccc2c1C. The summed E-state index contributed by atoms with van der Waals surface area (Å²) in [6.45, 7) is 1.70. The topological polar surface area (TPSA) is 115 Å². The largest absolute Gasteiger partial charge is 0.465 e. The summed E-state index contributed by atoms with van der Waals surface area (Å²) in [5, 5.41) is 2.19. The molecule has 136 valence electrons. The van der Waals surface area contributed by atoms with Crippen LogP contribution in [0, 0.1) is 6.92 Å². The number of ether oxygens (including phenoxy) is 1. The van der Waals surface area contributed by atoms with E-state index in [4.69, 9.17) is 4.42 Å². The maximum absolute atomic E-state index is 12.4. The van der Waals surface area contributed by atoms with E-state index >= 15 is 0 Å². The van der Waals surface area contributed by atoms with Crippen LogP contribution in [0.2, 0.25) is 0 Å². The number of hydrazine groups is 1. The summed E-state index contributed by atoms with van der Waals surface area (Å²) in [6.07, 6.45) is 0. The molecule has 1 amide bonds. The minimum atomic E-state index is -4.16. The molecule has 26 heavy (non-hydrogen) atoms. The molecule has 0 radical (unpaired) electrons. The lowest BCUT2D eigenvalue weighted by atomic mass is 10.1. The van der Waals surface area contributed by atoms with Crippen molar-refractivity contribution in [3.8, 4) is 0 Å².